The molecular formula is C23H23N7OS. The molecule has 2 saturated heterocycles. The number of rotatable bonds is 5. The number of piperidine rings is 1. The Hall–Kier alpha value is -3.09. The molecule has 1 aliphatic carbocycles. The highest BCUT2D eigenvalue weighted by molar-refractivity contribution is 7.15. The molecule has 162 valence electrons. The zero-order valence-electron chi connectivity index (χ0n) is 17.5. The maximum absolute atomic E-state index is 10.6. The minimum absolute atomic E-state index is 0.0917. The van der Waals surface area contributed by atoms with Gasteiger partial charge in [0, 0.05) is 35.3 Å². The van der Waals surface area contributed by atoms with Crippen molar-refractivity contribution in [2.75, 3.05) is 4.90 Å². The van der Waals surface area contributed by atoms with Crippen LogP contribution < -0.4 is 10.2 Å². The van der Waals surface area contributed by atoms with Gasteiger partial charge in [-0.2, -0.15) is 5.26 Å². The van der Waals surface area contributed by atoms with Crippen molar-refractivity contribution in [3.63, 3.8) is 0 Å². The molecule has 2 aliphatic heterocycles. The first kappa shape index (κ1) is 19.6. The third kappa shape index (κ3) is 3.59. The van der Waals surface area contributed by atoms with Crippen molar-refractivity contribution in [2.24, 2.45) is 0 Å². The summed E-state index contributed by atoms with van der Waals surface area (Å²) in [5.41, 5.74) is 1.88. The monoisotopic (exact) mass is 445 g/mol. The van der Waals surface area contributed by atoms with E-state index in [4.69, 9.17) is 5.26 Å². The number of hydrogen-bond acceptors (Lipinski definition) is 9. The van der Waals surface area contributed by atoms with Crippen LogP contribution in [-0.2, 0) is 0 Å². The van der Waals surface area contributed by atoms with Crippen molar-refractivity contribution in [1.29, 1.82) is 5.26 Å². The number of nitriles is 1. The van der Waals surface area contributed by atoms with Crippen LogP contribution in [0.15, 0.2) is 30.6 Å². The number of anilines is 1. The Balaban J connectivity index is 1.24. The highest BCUT2D eigenvalue weighted by atomic mass is 32.1. The van der Waals surface area contributed by atoms with E-state index in [1.807, 2.05) is 6.07 Å². The van der Waals surface area contributed by atoms with Gasteiger partial charge in [-0.1, -0.05) is 6.07 Å². The minimum Gasteiger partial charge on any atom is -0.507 e. The number of fused-ring (bicyclic) bond motifs is 2. The van der Waals surface area contributed by atoms with Gasteiger partial charge in [-0.15, -0.1) is 21.5 Å². The van der Waals surface area contributed by atoms with Crippen molar-refractivity contribution in [2.45, 2.75) is 62.7 Å². The van der Waals surface area contributed by atoms with Crippen molar-refractivity contribution in [3.05, 3.63) is 35.5 Å². The summed E-state index contributed by atoms with van der Waals surface area (Å²) in [6.45, 7) is 0. The van der Waals surface area contributed by atoms with Gasteiger partial charge in [-0.25, -0.2) is 9.97 Å². The lowest BCUT2D eigenvalue weighted by molar-refractivity contribution is 0.342. The number of aromatic hydroxyl groups is 1. The molecule has 3 fully saturated rings. The van der Waals surface area contributed by atoms with Crippen molar-refractivity contribution in [1.82, 2.24) is 25.5 Å². The van der Waals surface area contributed by atoms with Crippen LogP contribution in [0.25, 0.3) is 21.8 Å². The fourth-order valence-corrected chi connectivity index (χ4v) is 5.79. The van der Waals surface area contributed by atoms with E-state index in [1.165, 1.54) is 37.0 Å². The van der Waals surface area contributed by atoms with E-state index in [-0.39, 0.29) is 5.75 Å². The molecule has 1 aromatic carbocycles. The molecule has 1 saturated carbocycles. The zero-order valence-corrected chi connectivity index (χ0v) is 18.3. The number of phenols is 1. The van der Waals surface area contributed by atoms with E-state index < -0.39 is 0 Å². The summed E-state index contributed by atoms with van der Waals surface area (Å²) < 4.78 is 0. The summed E-state index contributed by atoms with van der Waals surface area (Å²) in [6, 6.07) is 9.62. The molecule has 0 amide bonds. The normalized spacial score (nSPS) is 24.3. The standard InChI is InChI=1S/C23H23N7OS/c24-10-18-11-25-22(32-18)13-1-6-19(21(31)7-13)20-12-26-23(29-28-20)30(16-4-5-16)17-8-14-2-3-15(9-17)27-14/h1,6-7,11-12,14-17,27,31H,2-5,8-9H2/t14-,15-/m0/s1. The summed E-state index contributed by atoms with van der Waals surface area (Å²) in [6.07, 6.45) is 10.5. The number of hydrogen-bond donors (Lipinski definition) is 2. The Morgan fingerprint density at radius 2 is 1.84 bits per heavy atom. The molecule has 2 N–H and O–H groups in total. The van der Waals surface area contributed by atoms with Crippen LogP contribution in [-0.4, -0.2) is 49.4 Å². The average molecular weight is 446 g/mol. The lowest BCUT2D eigenvalue weighted by Gasteiger charge is -2.37. The van der Waals surface area contributed by atoms with Crippen LogP contribution >= 0.6 is 11.3 Å². The third-order valence-corrected chi connectivity index (χ3v) is 7.65. The Bertz CT molecular complexity index is 1170. The number of benzene rings is 1. The smallest absolute Gasteiger partial charge is 0.245 e. The van der Waals surface area contributed by atoms with Gasteiger partial charge >= 0.3 is 0 Å². The molecule has 3 aromatic rings. The van der Waals surface area contributed by atoms with E-state index in [2.05, 4.69) is 36.5 Å². The molecule has 2 bridgehead atoms. The molecule has 6 rings (SSSR count). The number of phenolic OH excluding ortho intramolecular Hbond substituents is 1. The fraction of sp³-hybridized carbons (Fsp3) is 0.435. The summed E-state index contributed by atoms with van der Waals surface area (Å²) in [4.78, 5) is 11.9. The maximum Gasteiger partial charge on any atom is 0.245 e. The van der Waals surface area contributed by atoms with Gasteiger partial charge < -0.3 is 15.3 Å². The zero-order chi connectivity index (χ0) is 21.7. The quantitative estimate of drug-likeness (QED) is 0.614. The number of thiazole rings is 1. The Kier molecular flexibility index (Phi) is 4.77. The Morgan fingerprint density at radius 1 is 1.03 bits per heavy atom. The van der Waals surface area contributed by atoms with Gasteiger partial charge in [0.2, 0.25) is 5.95 Å². The molecule has 32 heavy (non-hydrogen) atoms. The second-order valence-electron chi connectivity index (χ2n) is 8.92. The summed E-state index contributed by atoms with van der Waals surface area (Å²) in [5, 5.41) is 32.9. The van der Waals surface area contributed by atoms with Crippen LogP contribution in [0, 0.1) is 11.3 Å². The lowest BCUT2D eigenvalue weighted by atomic mass is 9.98. The molecule has 0 radical (unpaired) electrons. The second-order valence-corrected chi connectivity index (χ2v) is 9.95. The molecule has 2 aromatic heterocycles. The molecule has 9 heteroatoms. The number of nitrogens with one attached hydrogen (secondary N) is 1. The van der Waals surface area contributed by atoms with E-state index in [0.717, 1.165) is 18.4 Å². The SMILES string of the molecule is N#Cc1cnc(-c2ccc(-c3cnc(N(C4CC4)C4C[C@@H]5CC[C@@H](C4)N5)nn3)c(O)c2)s1. The van der Waals surface area contributed by atoms with E-state index in [0.29, 0.717) is 51.3 Å². The van der Waals surface area contributed by atoms with Crippen LogP contribution in [0.3, 0.4) is 0 Å². The van der Waals surface area contributed by atoms with Gasteiger partial charge in [0.25, 0.3) is 0 Å². The van der Waals surface area contributed by atoms with Gasteiger partial charge in [0.15, 0.2) is 0 Å². The van der Waals surface area contributed by atoms with Crippen LogP contribution in [0.1, 0.15) is 43.4 Å². The Morgan fingerprint density at radius 3 is 2.47 bits per heavy atom. The Labute approximate surface area is 190 Å². The summed E-state index contributed by atoms with van der Waals surface area (Å²) in [5.74, 6) is 0.791. The largest absolute Gasteiger partial charge is 0.507 e. The molecule has 4 heterocycles. The highest BCUT2D eigenvalue weighted by Gasteiger charge is 2.42. The van der Waals surface area contributed by atoms with Crippen LogP contribution in [0.4, 0.5) is 5.95 Å². The van der Waals surface area contributed by atoms with Crippen molar-refractivity contribution < 1.29 is 5.11 Å². The number of aromatic nitrogens is 4. The van der Waals surface area contributed by atoms with Gasteiger partial charge in [-0.3, -0.25) is 0 Å². The molecular weight excluding hydrogens is 422 g/mol. The molecule has 2 atom stereocenters. The fourth-order valence-electron chi connectivity index (χ4n) is 5.08. The number of nitrogens with zero attached hydrogens (tertiary/aromatic N) is 6. The predicted octanol–water partition coefficient (Wildman–Crippen LogP) is 3.49. The minimum atomic E-state index is 0.0917. The molecule has 0 spiro atoms. The van der Waals surface area contributed by atoms with Crippen molar-refractivity contribution >= 4 is 17.3 Å². The lowest BCUT2D eigenvalue weighted by Crippen LogP contribution is -2.49. The highest BCUT2D eigenvalue weighted by Crippen LogP contribution is 2.39. The molecule has 3 aliphatic rings. The van der Waals surface area contributed by atoms with E-state index in [1.54, 1.807) is 24.5 Å². The molecule has 0 unspecified atom stereocenters. The summed E-state index contributed by atoms with van der Waals surface area (Å²) >= 11 is 1.29. The first-order valence-electron chi connectivity index (χ1n) is 11.1. The van der Waals surface area contributed by atoms with E-state index >= 15 is 0 Å². The van der Waals surface area contributed by atoms with Crippen LogP contribution in [0.2, 0.25) is 0 Å². The molecule has 8 nitrogen and oxygen atoms in total. The second kappa shape index (κ2) is 7.80. The first-order valence-corrected chi connectivity index (χ1v) is 11.9. The maximum atomic E-state index is 10.6. The topological polar surface area (TPSA) is 111 Å². The van der Waals surface area contributed by atoms with Gasteiger partial charge in [0.1, 0.15) is 27.4 Å². The first-order chi connectivity index (χ1) is 15.7. The van der Waals surface area contributed by atoms with Crippen LogP contribution in [0.5, 0.6) is 5.75 Å². The van der Waals surface area contributed by atoms with Crippen molar-refractivity contribution in [3.8, 4) is 33.6 Å². The average Bonchev–Trinajstić information content (AvgIpc) is 3.41. The van der Waals surface area contributed by atoms with Gasteiger partial charge in [0.05, 0.1) is 12.4 Å². The predicted molar refractivity (Wildman–Crippen MR) is 121 cm³/mol. The van der Waals surface area contributed by atoms with Gasteiger partial charge in [-0.05, 0) is 50.7 Å². The van der Waals surface area contributed by atoms with E-state index in [9.17, 15) is 5.11 Å². The summed E-state index contributed by atoms with van der Waals surface area (Å²) in [7, 11) is 0. The third-order valence-electron chi connectivity index (χ3n) is 6.70.